The van der Waals surface area contributed by atoms with E-state index >= 15 is 0 Å². The van der Waals surface area contributed by atoms with E-state index in [-0.39, 0.29) is 5.91 Å². The van der Waals surface area contributed by atoms with Crippen molar-refractivity contribution in [1.82, 2.24) is 5.01 Å². The predicted molar refractivity (Wildman–Crippen MR) is 42.8 cm³/mol. The van der Waals surface area contributed by atoms with Gasteiger partial charge in [0.05, 0.1) is 0 Å². The predicted octanol–water partition coefficient (Wildman–Crippen LogP) is 0.289. The Kier molecular flexibility index (Phi) is 1.72. The number of carbonyl (C=O) groups excluding carboxylic acids is 1. The minimum absolute atomic E-state index is 0.105. The van der Waals surface area contributed by atoms with Gasteiger partial charge in [-0.25, -0.2) is 5.01 Å². The van der Waals surface area contributed by atoms with E-state index in [1.165, 1.54) is 11.9 Å². The number of hydrogen-bond donors (Lipinski definition) is 1. The van der Waals surface area contributed by atoms with Crippen LogP contribution in [0.4, 0.5) is 0 Å². The Labute approximate surface area is 66.0 Å². The minimum Gasteiger partial charge on any atom is -0.307 e. The van der Waals surface area contributed by atoms with Crippen molar-refractivity contribution in [3.05, 3.63) is 0 Å². The molecule has 0 saturated heterocycles. The molecule has 1 heterocycles. The molecule has 1 atom stereocenters. The summed E-state index contributed by atoms with van der Waals surface area (Å²) in [6, 6.07) is 0. The number of hydrogen-bond acceptors (Lipinski definition) is 3. The van der Waals surface area contributed by atoms with Gasteiger partial charge >= 0.3 is 0 Å². The van der Waals surface area contributed by atoms with Crippen molar-refractivity contribution in [2.45, 2.75) is 32.9 Å². The molecule has 0 aromatic heterocycles. The summed E-state index contributed by atoms with van der Waals surface area (Å²) >= 11 is 0. The molecular formula is C7H13N3O. The third-order valence-electron chi connectivity index (χ3n) is 1.67. The van der Waals surface area contributed by atoms with Crippen molar-refractivity contribution in [1.29, 1.82) is 0 Å². The highest BCUT2D eigenvalue weighted by Crippen LogP contribution is 2.21. The number of hydrazone groups is 1. The maximum absolute atomic E-state index is 10.9. The molecule has 4 heteroatoms. The zero-order chi connectivity index (χ0) is 8.65. The number of rotatable bonds is 0. The molecule has 1 unspecified atom stereocenters. The van der Waals surface area contributed by atoms with Gasteiger partial charge in [0.2, 0.25) is 5.91 Å². The summed E-state index contributed by atoms with van der Waals surface area (Å²) in [6.45, 7) is 5.13. The fourth-order valence-electron chi connectivity index (χ4n) is 1.34. The molecule has 0 aliphatic carbocycles. The van der Waals surface area contributed by atoms with Gasteiger partial charge in [-0.2, -0.15) is 5.10 Å². The topological polar surface area (TPSA) is 58.7 Å². The molecule has 0 fully saturated rings. The lowest BCUT2D eigenvalue weighted by Crippen LogP contribution is -2.50. The third kappa shape index (κ3) is 1.40. The second-order valence-electron chi connectivity index (χ2n) is 3.20. The first-order valence-electron chi connectivity index (χ1n) is 3.57. The standard InChI is InChI=1S/C7H13N3O/c1-5-4-7(3,8)10(9-5)6(2)11/h4,8H2,1-3H3. The van der Waals surface area contributed by atoms with Gasteiger partial charge < -0.3 is 5.73 Å². The minimum atomic E-state index is -0.615. The Morgan fingerprint density at radius 1 is 1.82 bits per heavy atom. The van der Waals surface area contributed by atoms with Gasteiger partial charge in [-0.3, -0.25) is 4.79 Å². The van der Waals surface area contributed by atoms with E-state index in [1.54, 1.807) is 6.92 Å². The smallest absolute Gasteiger partial charge is 0.241 e. The van der Waals surface area contributed by atoms with E-state index in [0.29, 0.717) is 6.42 Å². The second kappa shape index (κ2) is 2.30. The van der Waals surface area contributed by atoms with Crippen molar-refractivity contribution in [3.8, 4) is 0 Å². The molecule has 0 spiro atoms. The molecule has 62 valence electrons. The summed E-state index contributed by atoms with van der Waals surface area (Å²) in [4.78, 5) is 10.9. The van der Waals surface area contributed by atoms with Crippen LogP contribution in [0.2, 0.25) is 0 Å². The second-order valence-corrected chi connectivity index (χ2v) is 3.20. The first-order valence-corrected chi connectivity index (χ1v) is 3.57. The zero-order valence-electron chi connectivity index (χ0n) is 7.09. The highest BCUT2D eigenvalue weighted by atomic mass is 16.2. The Hall–Kier alpha value is -0.900. The molecule has 1 rings (SSSR count). The van der Waals surface area contributed by atoms with Crippen molar-refractivity contribution in [3.63, 3.8) is 0 Å². The molecule has 0 aromatic carbocycles. The summed E-state index contributed by atoms with van der Waals surface area (Å²) in [7, 11) is 0. The highest BCUT2D eigenvalue weighted by Gasteiger charge is 2.35. The van der Waals surface area contributed by atoms with E-state index in [9.17, 15) is 4.79 Å². The van der Waals surface area contributed by atoms with Gasteiger partial charge in [-0.15, -0.1) is 0 Å². The summed E-state index contributed by atoms with van der Waals surface area (Å²) in [5.74, 6) is -0.105. The molecule has 1 amide bonds. The molecule has 4 nitrogen and oxygen atoms in total. The van der Waals surface area contributed by atoms with Crippen molar-refractivity contribution < 1.29 is 4.79 Å². The van der Waals surface area contributed by atoms with Gasteiger partial charge in [0.15, 0.2) is 0 Å². The third-order valence-corrected chi connectivity index (χ3v) is 1.67. The first kappa shape index (κ1) is 8.20. The fraction of sp³-hybridized carbons (Fsp3) is 0.714. The molecule has 2 N–H and O–H groups in total. The molecule has 0 saturated carbocycles. The van der Waals surface area contributed by atoms with Crippen LogP contribution in [0.5, 0.6) is 0 Å². The molecular weight excluding hydrogens is 142 g/mol. The van der Waals surface area contributed by atoms with E-state index in [4.69, 9.17) is 5.73 Å². The van der Waals surface area contributed by atoms with Crippen molar-refractivity contribution in [2.75, 3.05) is 0 Å². The van der Waals surface area contributed by atoms with Gasteiger partial charge in [0, 0.05) is 19.1 Å². The molecule has 11 heavy (non-hydrogen) atoms. The Morgan fingerprint density at radius 2 is 2.36 bits per heavy atom. The lowest BCUT2D eigenvalue weighted by Gasteiger charge is -2.26. The summed E-state index contributed by atoms with van der Waals surface area (Å²) < 4.78 is 0. The van der Waals surface area contributed by atoms with E-state index < -0.39 is 5.66 Å². The summed E-state index contributed by atoms with van der Waals surface area (Å²) in [6.07, 6.45) is 0.659. The fourth-order valence-corrected chi connectivity index (χ4v) is 1.34. The van der Waals surface area contributed by atoms with E-state index in [0.717, 1.165) is 5.71 Å². The summed E-state index contributed by atoms with van der Waals surface area (Å²) in [5.41, 5.74) is 6.10. The maximum Gasteiger partial charge on any atom is 0.241 e. The van der Waals surface area contributed by atoms with E-state index in [1.807, 2.05) is 6.92 Å². The molecule has 0 bridgehead atoms. The monoisotopic (exact) mass is 155 g/mol. The lowest BCUT2D eigenvalue weighted by atomic mass is 10.1. The van der Waals surface area contributed by atoms with Gasteiger partial charge in [-0.1, -0.05) is 0 Å². The van der Waals surface area contributed by atoms with Crippen LogP contribution in [0.3, 0.4) is 0 Å². The lowest BCUT2D eigenvalue weighted by molar-refractivity contribution is -0.133. The average Bonchev–Trinajstić information content (AvgIpc) is 2.04. The van der Waals surface area contributed by atoms with Gasteiger partial charge in [0.25, 0.3) is 0 Å². The average molecular weight is 155 g/mol. The number of nitrogens with zero attached hydrogens (tertiary/aromatic N) is 2. The van der Waals surface area contributed by atoms with Gasteiger partial charge in [0.1, 0.15) is 5.66 Å². The maximum atomic E-state index is 10.9. The van der Waals surface area contributed by atoms with Crippen LogP contribution in [-0.2, 0) is 4.79 Å². The number of carbonyl (C=O) groups is 1. The molecule has 0 aromatic rings. The largest absolute Gasteiger partial charge is 0.307 e. The molecule has 1 aliphatic heterocycles. The highest BCUT2D eigenvalue weighted by molar-refractivity contribution is 5.88. The number of nitrogens with two attached hydrogens (primary N) is 1. The van der Waals surface area contributed by atoms with Crippen LogP contribution < -0.4 is 5.73 Å². The Bertz CT molecular complexity index is 220. The van der Waals surface area contributed by atoms with E-state index in [2.05, 4.69) is 5.10 Å². The van der Waals surface area contributed by atoms with Gasteiger partial charge in [-0.05, 0) is 13.8 Å². The quantitative estimate of drug-likeness (QED) is 0.546. The normalized spacial score (nSPS) is 30.5. The Balaban J connectivity index is 2.86. The van der Waals surface area contributed by atoms with Crippen LogP contribution in [0.25, 0.3) is 0 Å². The van der Waals surface area contributed by atoms with Crippen LogP contribution >= 0.6 is 0 Å². The van der Waals surface area contributed by atoms with Crippen LogP contribution in [-0.4, -0.2) is 22.3 Å². The number of amides is 1. The zero-order valence-corrected chi connectivity index (χ0v) is 7.09. The van der Waals surface area contributed by atoms with Crippen molar-refractivity contribution >= 4 is 11.6 Å². The van der Waals surface area contributed by atoms with Crippen LogP contribution in [0.15, 0.2) is 5.10 Å². The van der Waals surface area contributed by atoms with Crippen LogP contribution in [0.1, 0.15) is 27.2 Å². The first-order chi connectivity index (χ1) is 4.93. The summed E-state index contributed by atoms with van der Waals surface area (Å²) in [5, 5.41) is 5.35. The van der Waals surface area contributed by atoms with Crippen molar-refractivity contribution in [2.24, 2.45) is 10.8 Å². The Morgan fingerprint density at radius 3 is 2.55 bits per heavy atom. The van der Waals surface area contributed by atoms with Crippen LogP contribution in [0, 0.1) is 0 Å². The molecule has 0 radical (unpaired) electrons. The SMILES string of the molecule is CC(=O)N1N=C(C)CC1(C)N. The molecule has 1 aliphatic rings.